The van der Waals surface area contributed by atoms with Gasteiger partial charge in [0.1, 0.15) is 5.75 Å². The zero-order valence-electron chi connectivity index (χ0n) is 12.0. The Labute approximate surface area is 115 Å². The second-order valence-electron chi connectivity index (χ2n) is 5.09. The Morgan fingerprint density at radius 1 is 1.37 bits per heavy atom. The van der Waals surface area contributed by atoms with Crippen molar-refractivity contribution >= 4 is 5.91 Å². The number of amides is 1. The number of carbonyl (C=O) groups excluding carboxylic acids is 1. The number of para-hydroxylation sites is 1. The fourth-order valence-electron chi connectivity index (χ4n) is 1.98. The molecule has 0 saturated carbocycles. The standard InChI is InChI=1S/C15H24N2O2/c1-11(2)10-13(16)15(18)17-9-8-12-6-4-5-7-14(12)19-3/h4-7,11,13H,8-10,16H2,1-3H3,(H,17,18)/t13-/m0/s1. The predicted octanol–water partition coefficient (Wildman–Crippen LogP) is 1.73. The molecule has 3 N–H and O–H groups in total. The van der Waals surface area contributed by atoms with Crippen molar-refractivity contribution in [1.29, 1.82) is 0 Å². The molecule has 0 unspecified atom stereocenters. The Bertz CT molecular complexity index is 405. The molecule has 4 nitrogen and oxygen atoms in total. The summed E-state index contributed by atoms with van der Waals surface area (Å²) in [6, 6.07) is 7.39. The van der Waals surface area contributed by atoms with E-state index >= 15 is 0 Å². The van der Waals surface area contributed by atoms with Gasteiger partial charge in [0.05, 0.1) is 13.2 Å². The van der Waals surface area contributed by atoms with Gasteiger partial charge in [-0.15, -0.1) is 0 Å². The van der Waals surface area contributed by atoms with E-state index in [1.807, 2.05) is 24.3 Å². The molecule has 1 atom stereocenters. The van der Waals surface area contributed by atoms with E-state index in [1.54, 1.807) is 7.11 Å². The van der Waals surface area contributed by atoms with E-state index in [0.29, 0.717) is 18.9 Å². The minimum atomic E-state index is -0.419. The van der Waals surface area contributed by atoms with Gasteiger partial charge in [0, 0.05) is 6.54 Å². The van der Waals surface area contributed by atoms with E-state index in [1.165, 1.54) is 0 Å². The van der Waals surface area contributed by atoms with Gasteiger partial charge in [-0.25, -0.2) is 0 Å². The number of rotatable bonds is 7. The largest absolute Gasteiger partial charge is 0.496 e. The van der Waals surface area contributed by atoms with Crippen LogP contribution in [-0.4, -0.2) is 25.6 Å². The maximum Gasteiger partial charge on any atom is 0.236 e. The fraction of sp³-hybridized carbons (Fsp3) is 0.533. The van der Waals surface area contributed by atoms with E-state index in [4.69, 9.17) is 10.5 Å². The van der Waals surface area contributed by atoms with Gasteiger partial charge in [-0.3, -0.25) is 4.79 Å². The molecule has 1 aromatic rings. The molecule has 0 aliphatic carbocycles. The number of ether oxygens (including phenoxy) is 1. The summed E-state index contributed by atoms with van der Waals surface area (Å²) in [7, 11) is 1.65. The molecule has 1 aromatic carbocycles. The van der Waals surface area contributed by atoms with Crippen molar-refractivity contribution in [2.24, 2.45) is 11.7 Å². The Balaban J connectivity index is 2.39. The van der Waals surface area contributed by atoms with Crippen molar-refractivity contribution in [3.8, 4) is 5.75 Å². The van der Waals surface area contributed by atoms with Crippen LogP contribution in [0.2, 0.25) is 0 Å². The summed E-state index contributed by atoms with van der Waals surface area (Å²) in [5.41, 5.74) is 6.90. The topological polar surface area (TPSA) is 64.3 Å². The average Bonchev–Trinajstić information content (AvgIpc) is 2.38. The molecule has 0 aliphatic rings. The lowest BCUT2D eigenvalue weighted by Crippen LogP contribution is -2.42. The maximum absolute atomic E-state index is 11.8. The van der Waals surface area contributed by atoms with E-state index in [2.05, 4.69) is 19.2 Å². The Morgan fingerprint density at radius 3 is 2.68 bits per heavy atom. The third kappa shape index (κ3) is 5.30. The molecule has 0 aromatic heterocycles. The number of nitrogens with one attached hydrogen (secondary N) is 1. The lowest BCUT2D eigenvalue weighted by atomic mass is 10.0. The quantitative estimate of drug-likeness (QED) is 0.788. The highest BCUT2D eigenvalue weighted by Gasteiger charge is 2.14. The highest BCUT2D eigenvalue weighted by Crippen LogP contribution is 2.17. The molecular weight excluding hydrogens is 240 g/mol. The highest BCUT2D eigenvalue weighted by molar-refractivity contribution is 5.81. The second-order valence-corrected chi connectivity index (χ2v) is 5.09. The molecule has 0 fully saturated rings. The van der Waals surface area contributed by atoms with Crippen LogP contribution in [0, 0.1) is 5.92 Å². The first-order valence-electron chi connectivity index (χ1n) is 6.69. The summed E-state index contributed by atoms with van der Waals surface area (Å²) in [5.74, 6) is 1.20. The summed E-state index contributed by atoms with van der Waals surface area (Å²) in [6.45, 7) is 4.69. The SMILES string of the molecule is COc1ccccc1CCNC(=O)[C@@H](N)CC(C)C. The van der Waals surface area contributed by atoms with Crippen molar-refractivity contribution in [2.75, 3.05) is 13.7 Å². The predicted molar refractivity (Wildman–Crippen MR) is 77.1 cm³/mol. The van der Waals surface area contributed by atoms with Gasteiger partial charge >= 0.3 is 0 Å². The van der Waals surface area contributed by atoms with Crippen LogP contribution in [0.25, 0.3) is 0 Å². The van der Waals surface area contributed by atoms with E-state index in [-0.39, 0.29) is 5.91 Å². The van der Waals surface area contributed by atoms with Gasteiger partial charge < -0.3 is 15.8 Å². The van der Waals surface area contributed by atoms with Crippen LogP contribution < -0.4 is 15.8 Å². The van der Waals surface area contributed by atoms with Crippen molar-refractivity contribution in [3.05, 3.63) is 29.8 Å². The number of hydrogen-bond donors (Lipinski definition) is 2. The first-order valence-corrected chi connectivity index (χ1v) is 6.69. The van der Waals surface area contributed by atoms with Crippen LogP contribution in [0.15, 0.2) is 24.3 Å². The van der Waals surface area contributed by atoms with Crippen LogP contribution in [0.4, 0.5) is 0 Å². The van der Waals surface area contributed by atoms with Crippen LogP contribution in [0.3, 0.4) is 0 Å². The van der Waals surface area contributed by atoms with Crippen LogP contribution in [0.1, 0.15) is 25.8 Å². The first-order chi connectivity index (χ1) is 9.04. The monoisotopic (exact) mass is 264 g/mol. The van der Waals surface area contributed by atoms with Gasteiger partial charge in [0.25, 0.3) is 0 Å². The summed E-state index contributed by atoms with van der Waals surface area (Å²) in [4.78, 5) is 11.8. The molecule has 0 saturated heterocycles. The molecular formula is C15H24N2O2. The molecule has 0 radical (unpaired) electrons. The molecule has 106 valence electrons. The molecule has 1 rings (SSSR count). The summed E-state index contributed by atoms with van der Waals surface area (Å²) in [5, 5.41) is 2.87. The number of nitrogens with two attached hydrogens (primary N) is 1. The molecule has 0 heterocycles. The molecule has 0 bridgehead atoms. The molecule has 1 amide bonds. The maximum atomic E-state index is 11.8. The molecule has 0 spiro atoms. The zero-order valence-corrected chi connectivity index (χ0v) is 12.0. The lowest BCUT2D eigenvalue weighted by Gasteiger charge is -2.14. The van der Waals surface area contributed by atoms with Crippen molar-refractivity contribution in [1.82, 2.24) is 5.32 Å². The zero-order chi connectivity index (χ0) is 14.3. The van der Waals surface area contributed by atoms with Crippen LogP contribution in [-0.2, 0) is 11.2 Å². The average molecular weight is 264 g/mol. The van der Waals surface area contributed by atoms with Crippen molar-refractivity contribution in [2.45, 2.75) is 32.7 Å². The minimum absolute atomic E-state index is 0.0800. The number of hydrogen-bond acceptors (Lipinski definition) is 3. The minimum Gasteiger partial charge on any atom is -0.496 e. The smallest absolute Gasteiger partial charge is 0.236 e. The normalized spacial score (nSPS) is 12.3. The highest BCUT2D eigenvalue weighted by atomic mass is 16.5. The summed E-state index contributed by atoms with van der Waals surface area (Å²) in [6.07, 6.45) is 1.45. The Kier molecular flexibility index (Phi) is 6.36. The molecule has 0 aliphatic heterocycles. The van der Waals surface area contributed by atoms with Crippen LogP contribution >= 0.6 is 0 Å². The van der Waals surface area contributed by atoms with E-state index in [9.17, 15) is 4.79 Å². The van der Waals surface area contributed by atoms with E-state index in [0.717, 1.165) is 17.7 Å². The van der Waals surface area contributed by atoms with Crippen molar-refractivity contribution in [3.63, 3.8) is 0 Å². The van der Waals surface area contributed by atoms with Crippen LogP contribution in [0.5, 0.6) is 5.75 Å². The van der Waals surface area contributed by atoms with Crippen molar-refractivity contribution < 1.29 is 9.53 Å². The van der Waals surface area contributed by atoms with E-state index < -0.39 is 6.04 Å². The van der Waals surface area contributed by atoms with Gasteiger partial charge in [0.2, 0.25) is 5.91 Å². The Morgan fingerprint density at radius 2 is 2.05 bits per heavy atom. The van der Waals surface area contributed by atoms with Gasteiger partial charge in [-0.05, 0) is 30.4 Å². The molecule has 19 heavy (non-hydrogen) atoms. The first kappa shape index (κ1) is 15.5. The second kappa shape index (κ2) is 7.79. The Hall–Kier alpha value is -1.55. The fourth-order valence-corrected chi connectivity index (χ4v) is 1.98. The third-order valence-electron chi connectivity index (χ3n) is 2.95. The summed E-state index contributed by atoms with van der Waals surface area (Å²) < 4.78 is 5.27. The number of methoxy groups -OCH3 is 1. The molecule has 4 heteroatoms. The third-order valence-corrected chi connectivity index (χ3v) is 2.95. The summed E-state index contributed by atoms with van der Waals surface area (Å²) >= 11 is 0. The lowest BCUT2D eigenvalue weighted by molar-refractivity contribution is -0.122. The van der Waals surface area contributed by atoms with Gasteiger partial charge in [0.15, 0.2) is 0 Å². The number of benzene rings is 1. The van der Waals surface area contributed by atoms with Gasteiger partial charge in [-0.1, -0.05) is 32.0 Å². The number of carbonyl (C=O) groups is 1. The van der Waals surface area contributed by atoms with Gasteiger partial charge in [-0.2, -0.15) is 0 Å².